The number of hydrogen-bond donors (Lipinski definition) is 2. The predicted octanol–water partition coefficient (Wildman–Crippen LogP) is 1.06. The van der Waals surface area contributed by atoms with Crippen molar-refractivity contribution in [1.29, 1.82) is 5.26 Å². The number of urea groups is 1. The number of benzene rings is 1. The van der Waals surface area contributed by atoms with Crippen LogP contribution in [-0.4, -0.2) is 38.1 Å². The number of rotatable bonds is 5. The quantitative estimate of drug-likeness (QED) is 0.781. The van der Waals surface area contributed by atoms with Gasteiger partial charge in [-0.1, -0.05) is 6.07 Å². The van der Waals surface area contributed by atoms with E-state index in [1.165, 1.54) is 17.0 Å². The molecule has 5 nitrogen and oxygen atoms in total. The van der Waals surface area contributed by atoms with Crippen molar-refractivity contribution in [3.8, 4) is 6.07 Å². The summed E-state index contributed by atoms with van der Waals surface area (Å²) in [5.41, 5.74) is 0.872. The molecule has 0 aromatic heterocycles. The number of amides is 2. The highest BCUT2D eigenvalue weighted by atomic mass is 19.1. The number of nitrogens with one attached hydrogen (secondary N) is 2. The van der Waals surface area contributed by atoms with Crippen LogP contribution >= 0.6 is 0 Å². The number of halogens is 1. The Morgan fingerprint density at radius 3 is 2.79 bits per heavy atom. The van der Waals surface area contributed by atoms with Gasteiger partial charge < -0.3 is 15.5 Å². The summed E-state index contributed by atoms with van der Waals surface area (Å²) >= 11 is 0. The highest BCUT2D eigenvalue weighted by molar-refractivity contribution is 5.73. The fourth-order valence-electron chi connectivity index (χ4n) is 1.42. The lowest BCUT2D eigenvalue weighted by molar-refractivity contribution is 0.217. The standard InChI is InChI=1S/C13H17FN4O/c1-18(2)13(19)17-6-5-16-9-10-3-4-12(14)11(7-10)8-15/h3-4,7,16H,5-6,9H2,1-2H3,(H,17,19). The van der Waals surface area contributed by atoms with Gasteiger partial charge in [-0.2, -0.15) is 5.26 Å². The van der Waals surface area contributed by atoms with Gasteiger partial charge in [0.1, 0.15) is 11.9 Å². The van der Waals surface area contributed by atoms with Crippen molar-refractivity contribution in [2.75, 3.05) is 27.2 Å². The maximum atomic E-state index is 13.1. The normalized spacial score (nSPS) is 9.79. The maximum absolute atomic E-state index is 13.1. The zero-order valence-electron chi connectivity index (χ0n) is 11.0. The van der Waals surface area contributed by atoms with Gasteiger partial charge in [0.15, 0.2) is 0 Å². The molecule has 19 heavy (non-hydrogen) atoms. The molecule has 0 unspecified atom stereocenters. The van der Waals surface area contributed by atoms with Crippen molar-refractivity contribution in [2.45, 2.75) is 6.54 Å². The van der Waals surface area contributed by atoms with Crippen molar-refractivity contribution in [2.24, 2.45) is 0 Å². The van der Waals surface area contributed by atoms with E-state index < -0.39 is 5.82 Å². The topological polar surface area (TPSA) is 68.2 Å². The monoisotopic (exact) mass is 264 g/mol. The van der Waals surface area contributed by atoms with E-state index in [0.29, 0.717) is 19.6 Å². The Labute approximate surface area is 112 Å². The number of hydrogen-bond acceptors (Lipinski definition) is 3. The highest BCUT2D eigenvalue weighted by Crippen LogP contribution is 2.08. The molecule has 0 aliphatic carbocycles. The second-order valence-corrected chi connectivity index (χ2v) is 4.23. The number of nitriles is 1. The maximum Gasteiger partial charge on any atom is 0.316 e. The summed E-state index contributed by atoms with van der Waals surface area (Å²) in [6.07, 6.45) is 0. The minimum atomic E-state index is -0.510. The van der Waals surface area contributed by atoms with Crippen molar-refractivity contribution >= 4 is 6.03 Å². The second-order valence-electron chi connectivity index (χ2n) is 4.23. The van der Waals surface area contributed by atoms with Crippen LogP contribution < -0.4 is 10.6 Å². The smallest absolute Gasteiger partial charge is 0.316 e. The van der Waals surface area contributed by atoms with Crippen molar-refractivity contribution in [3.05, 3.63) is 35.1 Å². The van der Waals surface area contributed by atoms with Crippen molar-refractivity contribution in [1.82, 2.24) is 15.5 Å². The Kier molecular flexibility index (Phi) is 5.76. The summed E-state index contributed by atoms with van der Waals surface area (Å²) in [5, 5.41) is 14.5. The molecule has 1 rings (SSSR count). The van der Waals surface area contributed by atoms with E-state index >= 15 is 0 Å². The van der Waals surface area contributed by atoms with Gasteiger partial charge in [0, 0.05) is 33.7 Å². The molecule has 0 fully saturated rings. The first-order valence-corrected chi connectivity index (χ1v) is 5.89. The van der Waals surface area contributed by atoms with Crippen LogP contribution in [-0.2, 0) is 6.54 Å². The summed E-state index contributed by atoms with van der Waals surface area (Å²) in [4.78, 5) is 12.7. The van der Waals surface area contributed by atoms with Gasteiger partial charge >= 0.3 is 6.03 Å². The van der Waals surface area contributed by atoms with E-state index in [-0.39, 0.29) is 11.6 Å². The third kappa shape index (κ3) is 4.94. The minimum absolute atomic E-state index is 0.0419. The molecule has 0 spiro atoms. The van der Waals surface area contributed by atoms with Crippen molar-refractivity contribution < 1.29 is 9.18 Å². The summed E-state index contributed by atoms with van der Waals surface area (Å²) < 4.78 is 13.1. The molecule has 1 aromatic carbocycles. The highest BCUT2D eigenvalue weighted by Gasteiger charge is 2.03. The Morgan fingerprint density at radius 1 is 1.42 bits per heavy atom. The molecule has 6 heteroatoms. The lowest BCUT2D eigenvalue weighted by Crippen LogP contribution is -2.38. The molecule has 0 radical (unpaired) electrons. The summed E-state index contributed by atoms with van der Waals surface area (Å²) in [7, 11) is 3.34. The molecular weight excluding hydrogens is 247 g/mol. The van der Waals surface area contributed by atoms with Crippen LogP contribution in [0.3, 0.4) is 0 Å². The molecule has 102 valence electrons. The minimum Gasteiger partial charge on any atom is -0.337 e. The van der Waals surface area contributed by atoms with Gasteiger partial charge in [-0.05, 0) is 17.7 Å². The van der Waals surface area contributed by atoms with E-state index in [1.807, 2.05) is 0 Å². The van der Waals surface area contributed by atoms with Crippen LogP contribution in [0.4, 0.5) is 9.18 Å². The lowest BCUT2D eigenvalue weighted by Gasteiger charge is -2.12. The predicted molar refractivity (Wildman–Crippen MR) is 69.9 cm³/mol. The van der Waals surface area contributed by atoms with Crippen LogP contribution in [0.5, 0.6) is 0 Å². The van der Waals surface area contributed by atoms with E-state index in [4.69, 9.17) is 5.26 Å². The summed E-state index contributed by atoms with van der Waals surface area (Å²) in [6.45, 7) is 1.62. The van der Waals surface area contributed by atoms with Gasteiger partial charge in [-0.25, -0.2) is 9.18 Å². The van der Waals surface area contributed by atoms with Crippen LogP contribution in [0.25, 0.3) is 0 Å². The molecule has 0 aliphatic rings. The van der Waals surface area contributed by atoms with E-state index in [0.717, 1.165) is 5.56 Å². The van der Waals surface area contributed by atoms with E-state index in [2.05, 4.69) is 10.6 Å². The number of carbonyl (C=O) groups excluding carboxylic acids is 1. The largest absolute Gasteiger partial charge is 0.337 e. The first kappa shape index (κ1) is 14.9. The second kappa shape index (κ2) is 7.34. The van der Waals surface area contributed by atoms with Crippen LogP contribution in [0.15, 0.2) is 18.2 Å². The van der Waals surface area contributed by atoms with Crippen molar-refractivity contribution in [3.63, 3.8) is 0 Å². The summed E-state index contributed by atoms with van der Waals surface area (Å²) in [5.74, 6) is -0.510. The Bertz CT molecular complexity index is 482. The fourth-order valence-corrected chi connectivity index (χ4v) is 1.42. The molecule has 0 heterocycles. The molecule has 2 amide bonds. The van der Waals surface area contributed by atoms with Crippen LogP contribution in [0, 0.1) is 17.1 Å². The average Bonchev–Trinajstić information content (AvgIpc) is 2.39. The molecular formula is C13H17FN4O. The molecule has 0 aliphatic heterocycles. The molecule has 0 saturated heterocycles. The number of carbonyl (C=O) groups is 1. The Balaban J connectivity index is 2.30. The van der Waals surface area contributed by atoms with E-state index in [9.17, 15) is 9.18 Å². The van der Waals surface area contributed by atoms with Crippen LogP contribution in [0.1, 0.15) is 11.1 Å². The molecule has 0 atom stereocenters. The molecule has 2 N–H and O–H groups in total. The zero-order valence-corrected chi connectivity index (χ0v) is 11.0. The third-order valence-electron chi connectivity index (χ3n) is 2.46. The summed E-state index contributed by atoms with van der Waals surface area (Å²) in [6, 6.07) is 6.08. The first-order valence-electron chi connectivity index (χ1n) is 5.89. The van der Waals surface area contributed by atoms with Gasteiger partial charge in [-0.3, -0.25) is 0 Å². The van der Waals surface area contributed by atoms with E-state index in [1.54, 1.807) is 26.2 Å². The molecule has 0 saturated carbocycles. The SMILES string of the molecule is CN(C)C(=O)NCCNCc1ccc(F)c(C#N)c1. The fraction of sp³-hybridized carbons (Fsp3) is 0.385. The van der Waals surface area contributed by atoms with Gasteiger partial charge in [0.2, 0.25) is 0 Å². The Hall–Kier alpha value is -2.13. The molecule has 1 aromatic rings. The van der Waals surface area contributed by atoms with Gasteiger partial charge in [0.05, 0.1) is 5.56 Å². The lowest BCUT2D eigenvalue weighted by atomic mass is 10.1. The molecule has 0 bridgehead atoms. The third-order valence-corrected chi connectivity index (χ3v) is 2.46. The van der Waals surface area contributed by atoms with Crippen LogP contribution in [0.2, 0.25) is 0 Å². The Morgan fingerprint density at radius 2 is 2.16 bits per heavy atom. The number of nitrogens with zero attached hydrogens (tertiary/aromatic N) is 2. The van der Waals surface area contributed by atoms with Gasteiger partial charge in [-0.15, -0.1) is 0 Å². The van der Waals surface area contributed by atoms with Gasteiger partial charge in [0.25, 0.3) is 0 Å². The zero-order chi connectivity index (χ0) is 14.3. The average molecular weight is 264 g/mol. The first-order chi connectivity index (χ1) is 9.04.